The van der Waals surface area contributed by atoms with E-state index in [2.05, 4.69) is 22.4 Å². The van der Waals surface area contributed by atoms with Crippen LogP contribution in [0.1, 0.15) is 26.7 Å². The van der Waals surface area contributed by atoms with Gasteiger partial charge in [0.2, 0.25) is 5.95 Å². The van der Waals surface area contributed by atoms with Crippen molar-refractivity contribution in [3.8, 4) is 11.4 Å². The lowest BCUT2D eigenvalue weighted by Gasteiger charge is -2.13. The molecule has 134 valence electrons. The Labute approximate surface area is 152 Å². The van der Waals surface area contributed by atoms with Crippen LogP contribution in [0, 0.1) is 0 Å². The van der Waals surface area contributed by atoms with Gasteiger partial charge >= 0.3 is 0 Å². The Bertz CT molecular complexity index is 991. The molecule has 0 atom stereocenters. The average Bonchev–Trinajstić information content (AvgIpc) is 2.67. The number of fused-ring (bicyclic) bond motifs is 1. The predicted molar refractivity (Wildman–Crippen MR) is 106 cm³/mol. The maximum atomic E-state index is 13.1. The van der Waals surface area contributed by atoms with Gasteiger partial charge in [-0.1, -0.05) is 25.5 Å². The molecule has 3 rings (SSSR count). The van der Waals surface area contributed by atoms with Crippen molar-refractivity contribution in [3.05, 3.63) is 58.9 Å². The molecular formula is C20H22N4O2. The largest absolute Gasteiger partial charge is 0.497 e. The number of hydrogen-bond donors (Lipinski definition) is 1. The van der Waals surface area contributed by atoms with Crippen LogP contribution in [0.15, 0.2) is 58.4 Å². The number of ether oxygens (including phenoxy) is 1. The van der Waals surface area contributed by atoms with Gasteiger partial charge in [-0.25, -0.2) is 15.0 Å². The Balaban J connectivity index is 2.16. The summed E-state index contributed by atoms with van der Waals surface area (Å²) in [6, 6.07) is 14.6. The van der Waals surface area contributed by atoms with E-state index in [4.69, 9.17) is 4.74 Å². The summed E-state index contributed by atoms with van der Waals surface area (Å²) >= 11 is 0. The molecular weight excluding hydrogens is 328 g/mol. The quantitative estimate of drug-likeness (QED) is 0.539. The van der Waals surface area contributed by atoms with Crippen LogP contribution in [0.2, 0.25) is 0 Å². The maximum absolute atomic E-state index is 13.1. The number of anilines is 1. The van der Waals surface area contributed by atoms with Crippen LogP contribution in [0.4, 0.5) is 5.95 Å². The van der Waals surface area contributed by atoms with Crippen molar-refractivity contribution < 1.29 is 4.74 Å². The number of hydrogen-bond acceptors (Lipinski definition) is 5. The molecule has 0 aliphatic heterocycles. The summed E-state index contributed by atoms with van der Waals surface area (Å²) in [7, 11) is 1.61. The lowest BCUT2D eigenvalue weighted by atomic mass is 10.2. The number of rotatable bonds is 6. The molecule has 0 bridgehead atoms. The van der Waals surface area contributed by atoms with Crippen molar-refractivity contribution >= 4 is 22.6 Å². The van der Waals surface area contributed by atoms with E-state index < -0.39 is 0 Å². The molecule has 2 aromatic carbocycles. The van der Waals surface area contributed by atoms with Crippen molar-refractivity contribution in [1.29, 1.82) is 0 Å². The van der Waals surface area contributed by atoms with Crippen LogP contribution in [0.5, 0.6) is 5.75 Å². The van der Waals surface area contributed by atoms with Gasteiger partial charge in [0.25, 0.3) is 5.56 Å². The first-order valence-electron chi connectivity index (χ1n) is 8.59. The van der Waals surface area contributed by atoms with Gasteiger partial charge in [-0.05, 0) is 49.7 Å². The molecule has 6 heteroatoms. The highest BCUT2D eigenvalue weighted by molar-refractivity contribution is 5.83. The van der Waals surface area contributed by atoms with Gasteiger partial charge in [0.05, 0.1) is 23.7 Å². The summed E-state index contributed by atoms with van der Waals surface area (Å²) in [5.74, 6) is 1.11. The molecule has 0 fully saturated rings. The number of hydrazone groups is 1. The molecule has 1 aromatic heterocycles. The third-order valence-corrected chi connectivity index (χ3v) is 4.06. The van der Waals surface area contributed by atoms with E-state index in [9.17, 15) is 4.79 Å². The SMILES string of the molecule is CCC/C(C)=N/Nc1nc2ccccc2c(=O)n1-c1ccc(OC)cc1. The van der Waals surface area contributed by atoms with Crippen LogP contribution in [0.3, 0.4) is 0 Å². The van der Waals surface area contributed by atoms with Crippen LogP contribution in [-0.2, 0) is 0 Å². The third-order valence-electron chi connectivity index (χ3n) is 4.06. The van der Waals surface area contributed by atoms with Gasteiger partial charge < -0.3 is 4.74 Å². The van der Waals surface area contributed by atoms with Gasteiger partial charge in [0.15, 0.2) is 0 Å². The number of benzene rings is 2. The fourth-order valence-corrected chi connectivity index (χ4v) is 2.74. The number of para-hydroxylation sites is 1. The van der Waals surface area contributed by atoms with Gasteiger partial charge in [-0.3, -0.25) is 4.79 Å². The molecule has 0 spiro atoms. The summed E-state index contributed by atoms with van der Waals surface area (Å²) in [6.45, 7) is 4.05. The van der Waals surface area contributed by atoms with Gasteiger partial charge in [0, 0.05) is 5.71 Å². The van der Waals surface area contributed by atoms with E-state index in [1.807, 2.05) is 49.4 Å². The zero-order valence-corrected chi connectivity index (χ0v) is 15.2. The summed E-state index contributed by atoms with van der Waals surface area (Å²) in [5, 5.41) is 4.93. The number of nitrogens with one attached hydrogen (secondary N) is 1. The lowest BCUT2D eigenvalue weighted by molar-refractivity contribution is 0.414. The fraction of sp³-hybridized carbons (Fsp3) is 0.250. The second-order valence-corrected chi connectivity index (χ2v) is 6.00. The monoisotopic (exact) mass is 350 g/mol. The molecule has 0 saturated heterocycles. The maximum Gasteiger partial charge on any atom is 0.267 e. The molecule has 0 amide bonds. The van der Waals surface area contributed by atoms with Crippen molar-refractivity contribution in [1.82, 2.24) is 9.55 Å². The molecule has 26 heavy (non-hydrogen) atoms. The molecule has 1 heterocycles. The summed E-state index contributed by atoms with van der Waals surface area (Å²) in [5.41, 5.74) is 5.10. The van der Waals surface area contributed by atoms with Crippen LogP contribution >= 0.6 is 0 Å². The third kappa shape index (κ3) is 3.59. The van der Waals surface area contributed by atoms with Crippen LogP contribution in [-0.4, -0.2) is 22.4 Å². The Hall–Kier alpha value is -3.15. The Morgan fingerprint density at radius 3 is 2.62 bits per heavy atom. The van der Waals surface area contributed by atoms with E-state index in [1.54, 1.807) is 13.2 Å². The van der Waals surface area contributed by atoms with Crippen LogP contribution in [0.25, 0.3) is 16.6 Å². The summed E-state index contributed by atoms with van der Waals surface area (Å²) in [4.78, 5) is 17.7. The van der Waals surface area contributed by atoms with E-state index in [0.717, 1.165) is 24.3 Å². The average molecular weight is 350 g/mol. The first-order valence-corrected chi connectivity index (χ1v) is 8.59. The van der Waals surface area contributed by atoms with Crippen molar-refractivity contribution in [2.24, 2.45) is 5.10 Å². The zero-order valence-electron chi connectivity index (χ0n) is 15.2. The minimum absolute atomic E-state index is 0.147. The fourth-order valence-electron chi connectivity index (χ4n) is 2.74. The van der Waals surface area contributed by atoms with Gasteiger partial charge in [-0.15, -0.1) is 0 Å². The molecule has 0 saturated carbocycles. The second kappa shape index (κ2) is 7.82. The smallest absolute Gasteiger partial charge is 0.267 e. The number of aromatic nitrogens is 2. The van der Waals surface area contributed by atoms with E-state index in [0.29, 0.717) is 22.5 Å². The highest BCUT2D eigenvalue weighted by Crippen LogP contribution is 2.19. The minimum atomic E-state index is -0.147. The number of methoxy groups -OCH3 is 1. The van der Waals surface area contributed by atoms with Gasteiger partial charge in [-0.2, -0.15) is 5.10 Å². The van der Waals surface area contributed by atoms with Crippen molar-refractivity contribution in [3.63, 3.8) is 0 Å². The zero-order chi connectivity index (χ0) is 18.5. The van der Waals surface area contributed by atoms with E-state index >= 15 is 0 Å². The normalized spacial score (nSPS) is 11.6. The van der Waals surface area contributed by atoms with Crippen LogP contribution < -0.4 is 15.7 Å². The number of nitrogens with zero attached hydrogens (tertiary/aromatic N) is 3. The lowest BCUT2D eigenvalue weighted by Crippen LogP contribution is -2.23. The Morgan fingerprint density at radius 1 is 1.19 bits per heavy atom. The highest BCUT2D eigenvalue weighted by Gasteiger charge is 2.12. The molecule has 1 N–H and O–H groups in total. The van der Waals surface area contributed by atoms with E-state index in [-0.39, 0.29) is 5.56 Å². The molecule has 0 unspecified atom stereocenters. The standard InChI is InChI=1S/C20H22N4O2/c1-4-7-14(2)22-23-20-21-18-9-6-5-8-17(18)19(25)24(20)15-10-12-16(26-3)13-11-15/h5-6,8-13H,4,7H2,1-3H3,(H,21,23)/b22-14+. The Kier molecular flexibility index (Phi) is 5.31. The molecule has 0 radical (unpaired) electrons. The summed E-state index contributed by atoms with van der Waals surface area (Å²) in [6.07, 6.45) is 1.89. The first kappa shape index (κ1) is 17.7. The van der Waals surface area contributed by atoms with Crippen molar-refractivity contribution in [2.45, 2.75) is 26.7 Å². The Morgan fingerprint density at radius 2 is 1.92 bits per heavy atom. The predicted octanol–water partition coefficient (Wildman–Crippen LogP) is 3.98. The second-order valence-electron chi connectivity index (χ2n) is 6.00. The molecule has 6 nitrogen and oxygen atoms in total. The molecule has 0 aliphatic rings. The summed E-state index contributed by atoms with van der Waals surface area (Å²) < 4.78 is 6.73. The topological polar surface area (TPSA) is 68.5 Å². The molecule has 0 aliphatic carbocycles. The highest BCUT2D eigenvalue weighted by atomic mass is 16.5. The van der Waals surface area contributed by atoms with E-state index in [1.165, 1.54) is 4.57 Å². The van der Waals surface area contributed by atoms with Crippen molar-refractivity contribution in [2.75, 3.05) is 12.5 Å². The van der Waals surface area contributed by atoms with Gasteiger partial charge in [0.1, 0.15) is 5.75 Å². The first-order chi connectivity index (χ1) is 12.6. The molecule has 3 aromatic rings. The minimum Gasteiger partial charge on any atom is -0.497 e.